The number of nitriles is 1. The Morgan fingerprint density at radius 1 is 0.842 bits per heavy atom. The summed E-state index contributed by atoms with van der Waals surface area (Å²) in [6.45, 7) is 0. The number of hydrogen-bond acceptors (Lipinski definition) is 3. The molecule has 0 aromatic heterocycles. The van der Waals surface area contributed by atoms with E-state index in [1.165, 1.54) is 0 Å². The van der Waals surface area contributed by atoms with Gasteiger partial charge in [0.15, 0.2) is 11.6 Å². The average Bonchev–Trinajstić information content (AvgIpc) is 2.72. The summed E-state index contributed by atoms with van der Waals surface area (Å²) < 4.78 is 0. The summed E-state index contributed by atoms with van der Waals surface area (Å²) in [6, 6.07) is 15.5. The Morgan fingerprint density at radius 3 is 1.84 bits per heavy atom. The third-order valence-corrected chi connectivity index (χ3v) is 3.36. The number of hydrogen-bond donors (Lipinski definition) is 0. The lowest BCUT2D eigenvalue weighted by Crippen LogP contribution is -2.12. The lowest BCUT2D eigenvalue weighted by molar-refractivity contribution is 0.0890. The van der Waals surface area contributed by atoms with E-state index < -0.39 is 5.92 Å². The molecule has 0 bridgehead atoms. The van der Waals surface area contributed by atoms with Gasteiger partial charge in [0.25, 0.3) is 0 Å². The van der Waals surface area contributed by atoms with E-state index in [0.29, 0.717) is 22.3 Å². The van der Waals surface area contributed by atoms with Gasteiger partial charge in [0, 0.05) is 11.1 Å². The van der Waals surface area contributed by atoms with Crippen LogP contribution in [0.15, 0.2) is 48.5 Å². The van der Waals surface area contributed by atoms with Crippen LogP contribution >= 0.6 is 0 Å². The van der Waals surface area contributed by atoms with Crippen LogP contribution < -0.4 is 0 Å². The van der Waals surface area contributed by atoms with E-state index in [0.717, 1.165) is 0 Å². The van der Waals surface area contributed by atoms with Gasteiger partial charge in [-0.2, -0.15) is 5.26 Å². The third-order valence-electron chi connectivity index (χ3n) is 3.36. The van der Waals surface area contributed by atoms with Crippen LogP contribution in [0.25, 0.3) is 0 Å². The second-order valence-electron chi connectivity index (χ2n) is 4.44. The van der Waals surface area contributed by atoms with Gasteiger partial charge in [0.2, 0.25) is 0 Å². The van der Waals surface area contributed by atoms with Crippen molar-refractivity contribution in [1.29, 1.82) is 5.26 Å². The van der Waals surface area contributed by atoms with Crippen LogP contribution in [0.5, 0.6) is 0 Å². The molecule has 1 aliphatic carbocycles. The highest BCUT2D eigenvalue weighted by atomic mass is 16.2. The minimum absolute atomic E-state index is 0.162. The molecule has 0 N–H and O–H groups in total. The zero-order valence-corrected chi connectivity index (χ0v) is 9.96. The van der Waals surface area contributed by atoms with E-state index in [4.69, 9.17) is 5.26 Å². The number of ketones is 2. The molecule has 0 unspecified atom stereocenters. The minimum Gasteiger partial charge on any atom is -0.293 e. The predicted octanol–water partition coefficient (Wildman–Crippen LogP) is 2.72. The van der Waals surface area contributed by atoms with Gasteiger partial charge in [0.1, 0.15) is 5.92 Å². The van der Waals surface area contributed by atoms with Gasteiger partial charge >= 0.3 is 0 Å². The summed E-state index contributed by atoms with van der Waals surface area (Å²) in [5, 5.41) is 8.76. The molecule has 0 aliphatic heterocycles. The quantitative estimate of drug-likeness (QED) is 0.728. The van der Waals surface area contributed by atoms with E-state index in [2.05, 4.69) is 0 Å². The first-order valence-corrected chi connectivity index (χ1v) is 5.90. The SMILES string of the molecule is N#Cc1ccc(C2C(=O)c3ccccc3C2=O)cc1. The van der Waals surface area contributed by atoms with Crippen molar-refractivity contribution >= 4 is 11.6 Å². The van der Waals surface area contributed by atoms with E-state index in [1.54, 1.807) is 48.5 Å². The van der Waals surface area contributed by atoms with Crippen molar-refractivity contribution in [2.45, 2.75) is 5.92 Å². The molecule has 0 saturated heterocycles. The van der Waals surface area contributed by atoms with Crippen LogP contribution in [0.3, 0.4) is 0 Å². The average molecular weight is 247 g/mol. The van der Waals surface area contributed by atoms with E-state index >= 15 is 0 Å². The monoisotopic (exact) mass is 247 g/mol. The number of fused-ring (bicyclic) bond motifs is 1. The molecule has 0 saturated carbocycles. The maximum atomic E-state index is 12.3. The number of Topliss-reactive ketones (excluding diaryl/α,β-unsaturated/α-hetero) is 2. The van der Waals surface area contributed by atoms with E-state index in [-0.39, 0.29) is 11.6 Å². The summed E-state index contributed by atoms with van der Waals surface area (Å²) in [5.74, 6) is -1.08. The van der Waals surface area contributed by atoms with Crippen LogP contribution in [-0.2, 0) is 0 Å². The smallest absolute Gasteiger partial charge is 0.178 e. The Kier molecular flexibility index (Phi) is 2.50. The highest BCUT2D eigenvalue weighted by Crippen LogP contribution is 2.33. The Hall–Kier alpha value is -2.73. The minimum atomic E-state index is -0.759. The molecule has 0 amide bonds. The van der Waals surface area contributed by atoms with E-state index in [1.807, 2.05) is 6.07 Å². The Balaban J connectivity index is 2.06. The Morgan fingerprint density at radius 2 is 1.37 bits per heavy atom. The largest absolute Gasteiger partial charge is 0.293 e. The molecule has 2 aromatic rings. The number of carbonyl (C=O) groups is 2. The van der Waals surface area contributed by atoms with Gasteiger partial charge in [-0.05, 0) is 17.7 Å². The molecule has 3 rings (SSSR count). The van der Waals surface area contributed by atoms with Gasteiger partial charge in [-0.15, -0.1) is 0 Å². The molecule has 0 heterocycles. The highest BCUT2D eigenvalue weighted by Gasteiger charge is 2.38. The zero-order valence-electron chi connectivity index (χ0n) is 9.96. The number of nitrogens with zero attached hydrogens (tertiary/aromatic N) is 1. The fraction of sp³-hybridized carbons (Fsp3) is 0.0625. The molecule has 1 aliphatic rings. The summed E-state index contributed by atoms with van der Waals surface area (Å²) in [5.41, 5.74) is 2.13. The summed E-state index contributed by atoms with van der Waals surface area (Å²) in [4.78, 5) is 24.6. The molecule has 3 nitrogen and oxygen atoms in total. The molecule has 0 radical (unpaired) electrons. The van der Waals surface area contributed by atoms with Crippen molar-refractivity contribution in [1.82, 2.24) is 0 Å². The number of rotatable bonds is 1. The van der Waals surface area contributed by atoms with Crippen molar-refractivity contribution in [2.75, 3.05) is 0 Å². The van der Waals surface area contributed by atoms with Gasteiger partial charge in [-0.3, -0.25) is 9.59 Å². The third kappa shape index (κ3) is 1.66. The van der Waals surface area contributed by atoms with Crippen molar-refractivity contribution in [3.8, 4) is 6.07 Å². The molecule has 3 heteroatoms. The van der Waals surface area contributed by atoms with Crippen LogP contribution in [0.4, 0.5) is 0 Å². The molecular weight excluding hydrogens is 238 g/mol. The topological polar surface area (TPSA) is 57.9 Å². The lowest BCUT2D eigenvalue weighted by atomic mass is 9.94. The standard InChI is InChI=1S/C16H9NO2/c17-9-10-5-7-11(8-6-10)14-15(18)12-3-1-2-4-13(12)16(14)19/h1-8,14H. The van der Waals surface area contributed by atoms with E-state index in [9.17, 15) is 9.59 Å². The Bertz CT molecular complexity index is 688. The highest BCUT2D eigenvalue weighted by molar-refractivity contribution is 6.29. The van der Waals surface area contributed by atoms with Gasteiger partial charge in [0.05, 0.1) is 11.6 Å². The number of carbonyl (C=O) groups excluding carboxylic acids is 2. The summed E-state index contributed by atoms with van der Waals surface area (Å²) >= 11 is 0. The Labute approximate surface area is 110 Å². The maximum absolute atomic E-state index is 12.3. The first-order valence-electron chi connectivity index (χ1n) is 5.90. The van der Waals surface area contributed by atoms with Gasteiger partial charge in [-0.1, -0.05) is 36.4 Å². The van der Waals surface area contributed by atoms with Crippen molar-refractivity contribution in [2.24, 2.45) is 0 Å². The van der Waals surface area contributed by atoms with Crippen molar-refractivity contribution < 1.29 is 9.59 Å². The molecule has 0 fully saturated rings. The fourth-order valence-corrected chi connectivity index (χ4v) is 2.40. The first kappa shape index (κ1) is 11.4. The van der Waals surface area contributed by atoms with Crippen LogP contribution in [-0.4, -0.2) is 11.6 Å². The van der Waals surface area contributed by atoms with Crippen LogP contribution in [0.1, 0.15) is 37.8 Å². The molecule has 90 valence electrons. The second kappa shape index (κ2) is 4.18. The number of benzene rings is 2. The van der Waals surface area contributed by atoms with Crippen molar-refractivity contribution in [3.05, 3.63) is 70.8 Å². The summed E-state index contributed by atoms with van der Waals surface area (Å²) in [6.07, 6.45) is 0. The zero-order chi connectivity index (χ0) is 13.4. The van der Waals surface area contributed by atoms with Gasteiger partial charge < -0.3 is 0 Å². The van der Waals surface area contributed by atoms with Crippen molar-refractivity contribution in [3.63, 3.8) is 0 Å². The first-order chi connectivity index (χ1) is 9.22. The lowest BCUT2D eigenvalue weighted by Gasteiger charge is -2.06. The maximum Gasteiger partial charge on any atom is 0.178 e. The normalized spacial score (nSPS) is 14.3. The summed E-state index contributed by atoms with van der Waals surface area (Å²) in [7, 11) is 0. The second-order valence-corrected chi connectivity index (χ2v) is 4.44. The fourth-order valence-electron chi connectivity index (χ4n) is 2.40. The molecule has 19 heavy (non-hydrogen) atoms. The predicted molar refractivity (Wildman–Crippen MR) is 69.0 cm³/mol. The molecule has 0 spiro atoms. The molecule has 0 atom stereocenters. The molecule has 2 aromatic carbocycles. The molecular formula is C16H9NO2. The van der Waals surface area contributed by atoms with Gasteiger partial charge in [-0.25, -0.2) is 0 Å². The van der Waals surface area contributed by atoms with Crippen LogP contribution in [0.2, 0.25) is 0 Å². The van der Waals surface area contributed by atoms with Crippen LogP contribution in [0, 0.1) is 11.3 Å².